The van der Waals surface area contributed by atoms with Gasteiger partial charge in [0.25, 0.3) is 0 Å². The molecule has 1 heterocycles. The third kappa shape index (κ3) is 1.21. The molecule has 0 atom stereocenters. The predicted octanol–water partition coefficient (Wildman–Crippen LogP) is 1.67. The lowest BCUT2D eigenvalue weighted by atomic mass is 10.0. The Hall–Kier alpha value is -1.97. The number of hydrogen-bond donors (Lipinski definition) is 1. The second-order valence-corrected chi connectivity index (χ2v) is 2.95. The van der Waals surface area contributed by atoms with Crippen LogP contribution in [0.25, 0.3) is 0 Å². The molecule has 4 nitrogen and oxygen atoms in total. The van der Waals surface area contributed by atoms with Crippen LogP contribution in [0.1, 0.15) is 27.1 Å². The van der Waals surface area contributed by atoms with Gasteiger partial charge < -0.3 is 5.11 Å². The zero-order chi connectivity index (χ0) is 10.1. The fraction of sp³-hybridized carbons (Fsp3) is 0.100. The summed E-state index contributed by atoms with van der Waals surface area (Å²) in [5, 5.41) is 8.84. The van der Waals surface area contributed by atoms with Gasteiger partial charge in [-0.1, -0.05) is 6.07 Å². The fourth-order valence-corrected chi connectivity index (χ4v) is 1.41. The normalized spacial score (nSPS) is 13.9. The van der Waals surface area contributed by atoms with Crippen molar-refractivity contribution >= 4 is 23.7 Å². The molecule has 2 rings (SSSR count). The van der Waals surface area contributed by atoms with Crippen molar-refractivity contribution in [2.75, 3.05) is 0 Å². The average Bonchev–Trinajstić information content (AvgIpc) is 2.17. The van der Waals surface area contributed by atoms with Crippen LogP contribution in [-0.4, -0.2) is 23.1 Å². The first-order valence-corrected chi connectivity index (χ1v) is 4.12. The van der Waals surface area contributed by atoms with E-state index in [0.717, 1.165) is 0 Å². The number of ketones is 1. The molecule has 1 aliphatic heterocycles. The number of rotatable bonds is 1. The highest BCUT2D eigenvalue weighted by molar-refractivity contribution is 6.13. The highest BCUT2D eigenvalue weighted by Crippen LogP contribution is 2.27. The zero-order valence-electron chi connectivity index (χ0n) is 7.23. The molecule has 0 aromatic heterocycles. The number of para-hydroxylation sites is 1. The van der Waals surface area contributed by atoms with Gasteiger partial charge in [-0.15, -0.1) is 0 Å². The lowest BCUT2D eigenvalue weighted by molar-refractivity contribution is 0.0698. The van der Waals surface area contributed by atoms with Gasteiger partial charge in [0.05, 0.1) is 11.3 Å². The van der Waals surface area contributed by atoms with Gasteiger partial charge in [-0.25, -0.2) is 4.79 Å². The van der Waals surface area contributed by atoms with Crippen molar-refractivity contribution in [3.05, 3.63) is 29.3 Å². The first kappa shape index (κ1) is 8.62. The number of carbonyl (C=O) groups is 2. The first-order valence-electron chi connectivity index (χ1n) is 4.12. The number of carboxylic acids is 1. The van der Waals surface area contributed by atoms with E-state index in [1.807, 2.05) is 0 Å². The molecule has 70 valence electrons. The number of carbonyl (C=O) groups excluding carboxylic acids is 1. The van der Waals surface area contributed by atoms with Crippen LogP contribution >= 0.6 is 0 Å². The zero-order valence-corrected chi connectivity index (χ0v) is 7.23. The second-order valence-electron chi connectivity index (χ2n) is 2.95. The van der Waals surface area contributed by atoms with Crippen molar-refractivity contribution in [3.63, 3.8) is 0 Å². The van der Waals surface area contributed by atoms with Crippen molar-refractivity contribution < 1.29 is 14.7 Å². The lowest BCUT2D eigenvalue weighted by Crippen LogP contribution is -2.08. The summed E-state index contributed by atoms with van der Waals surface area (Å²) in [7, 11) is 0. The molecule has 4 heteroatoms. The number of aromatic carboxylic acids is 1. The number of Topliss-reactive ketones (excluding diaryl/α,β-unsaturated/α-hetero) is 1. The van der Waals surface area contributed by atoms with E-state index in [0.29, 0.717) is 5.56 Å². The van der Waals surface area contributed by atoms with Crippen molar-refractivity contribution in [1.29, 1.82) is 0 Å². The molecule has 0 saturated carbocycles. The van der Waals surface area contributed by atoms with Gasteiger partial charge in [0.1, 0.15) is 0 Å². The highest BCUT2D eigenvalue weighted by atomic mass is 16.4. The molecule has 0 amide bonds. The van der Waals surface area contributed by atoms with E-state index in [1.54, 1.807) is 12.1 Å². The molecule has 0 spiro atoms. The van der Waals surface area contributed by atoms with Gasteiger partial charge in [0, 0.05) is 18.2 Å². The summed E-state index contributed by atoms with van der Waals surface area (Å²) in [4.78, 5) is 26.1. The number of carboxylic acid groups (broad SMARTS) is 1. The van der Waals surface area contributed by atoms with Crippen LogP contribution in [0.4, 0.5) is 5.69 Å². The molecule has 0 bridgehead atoms. The van der Waals surface area contributed by atoms with Crippen molar-refractivity contribution in [2.24, 2.45) is 4.99 Å². The number of nitrogens with zero attached hydrogens (tertiary/aromatic N) is 1. The van der Waals surface area contributed by atoms with E-state index in [9.17, 15) is 9.59 Å². The third-order valence-corrected chi connectivity index (χ3v) is 2.06. The number of fused-ring (bicyclic) bond motifs is 1. The van der Waals surface area contributed by atoms with E-state index in [4.69, 9.17) is 5.11 Å². The number of aliphatic imine (C=N–C) groups is 1. The summed E-state index contributed by atoms with van der Waals surface area (Å²) in [6.45, 7) is 0. The summed E-state index contributed by atoms with van der Waals surface area (Å²) in [5.41, 5.74) is 0.746. The van der Waals surface area contributed by atoms with Gasteiger partial charge in [-0.3, -0.25) is 9.79 Å². The molecular weight excluding hydrogens is 182 g/mol. The Bertz CT molecular complexity index is 449. The smallest absolute Gasteiger partial charge is 0.337 e. The van der Waals surface area contributed by atoms with Crippen molar-refractivity contribution in [3.8, 4) is 0 Å². The molecule has 1 aliphatic rings. The monoisotopic (exact) mass is 189 g/mol. The Labute approximate surface area is 79.9 Å². The Kier molecular flexibility index (Phi) is 1.89. The van der Waals surface area contributed by atoms with E-state index < -0.39 is 5.97 Å². The molecule has 1 aromatic rings. The fourth-order valence-electron chi connectivity index (χ4n) is 1.41. The predicted molar refractivity (Wildman–Crippen MR) is 50.5 cm³/mol. The average molecular weight is 189 g/mol. The Morgan fingerprint density at radius 2 is 2.21 bits per heavy atom. The number of benzene rings is 1. The summed E-state index contributed by atoms with van der Waals surface area (Å²) in [6.07, 6.45) is 1.69. The van der Waals surface area contributed by atoms with E-state index in [1.165, 1.54) is 12.3 Å². The molecule has 0 unspecified atom stereocenters. The summed E-state index contributed by atoms with van der Waals surface area (Å²) < 4.78 is 0. The summed E-state index contributed by atoms with van der Waals surface area (Å²) in [5.74, 6) is -1.15. The van der Waals surface area contributed by atoms with Gasteiger partial charge in [0.15, 0.2) is 5.78 Å². The van der Waals surface area contributed by atoms with Crippen LogP contribution in [0.3, 0.4) is 0 Å². The lowest BCUT2D eigenvalue weighted by Gasteiger charge is -2.10. The standard InChI is InChI=1S/C10H7NO3/c12-8-4-5-11-9-6(8)2-1-3-7(9)10(13)14/h1-3,5H,4H2,(H,13,14). The Balaban J connectivity index is 2.68. The molecule has 0 saturated heterocycles. The molecule has 0 aliphatic carbocycles. The third-order valence-electron chi connectivity index (χ3n) is 2.06. The number of hydrogen-bond acceptors (Lipinski definition) is 3. The Morgan fingerprint density at radius 1 is 1.43 bits per heavy atom. The van der Waals surface area contributed by atoms with Crippen LogP contribution in [0, 0.1) is 0 Å². The quantitative estimate of drug-likeness (QED) is 0.730. The van der Waals surface area contributed by atoms with Crippen LogP contribution in [0.15, 0.2) is 23.2 Å². The van der Waals surface area contributed by atoms with Crippen LogP contribution < -0.4 is 0 Å². The summed E-state index contributed by atoms with van der Waals surface area (Å²) in [6, 6.07) is 4.60. The first-order chi connectivity index (χ1) is 6.70. The molecule has 1 aromatic carbocycles. The van der Waals surface area contributed by atoms with Gasteiger partial charge in [-0.2, -0.15) is 0 Å². The van der Waals surface area contributed by atoms with Crippen LogP contribution in [0.2, 0.25) is 0 Å². The molecule has 0 radical (unpaired) electrons. The largest absolute Gasteiger partial charge is 0.478 e. The van der Waals surface area contributed by atoms with Crippen LogP contribution in [0.5, 0.6) is 0 Å². The second kappa shape index (κ2) is 3.06. The van der Waals surface area contributed by atoms with Gasteiger partial charge in [-0.05, 0) is 12.1 Å². The molecular formula is C10H7NO3. The van der Waals surface area contributed by atoms with E-state index in [2.05, 4.69) is 4.99 Å². The minimum absolute atomic E-state index is 0.0757. The summed E-state index contributed by atoms with van der Waals surface area (Å²) >= 11 is 0. The minimum atomic E-state index is -1.06. The maximum absolute atomic E-state index is 11.4. The SMILES string of the molecule is O=C(O)c1cccc2c1N=CCC2=O. The molecule has 1 N–H and O–H groups in total. The van der Waals surface area contributed by atoms with Crippen molar-refractivity contribution in [1.82, 2.24) is 0 Å². The maximum atomic E-state index is 11.4. The van der Waals surface area contributed by atoms with E-state index in [-0.39, 0.29) is 23.5 Å². The van der Waals surface area contributed by atoms with Crippen molar-refractivity contribution in [2.45, 2.75) is 6.42 Å². The molecule has 0 fully saturated rings. The molecule has 14 heavy (non-hydrogen) atoms. The topological polar surface area (TPSA) is 66.7 Å². The van der Waals surface area contributed by atoms with Gasteiger partial charge in [0.2, 0.25) is 0 Å². The maximum Gasteiger partial charge on any atom is 0.337 e. The van der Waals surface area contributed by atoms with Crippen LogP contribution in [-0.2, 0) is 0 Å². The van der Waals surface area contributed by atoms with E-state index >= 15 is 0 Å². The Morgan fingerprint density at radius 3 is 2.93 bits per heavy atom. The van der Waals surface area contributed by atoms with Gasteiger partial charge >= 0.3 is 5.97 Å². The minimum Gasteiger partial charge on any atom is -0.478 e. The highest BCUT2D eigenvalue weighted by Gasteiger charge is 2.19.